The average Bonchev–Trinajstić information content (AvgIpc) is 2.54. The summed E-state index contributed by atoms with van der Waals surface area (Å²) in [7, 11) is -5.19. The monoisotopic (exact) mass is 401 g/mol. The Hall–Kier alpha value is -1.71. The molecule has 0 aromatic heterocycles. The number of nitrogen functional groups attached to an aromatic ring is 1. The van der Waals surface area contributed by atoms with Crippen molar-refractivity contribution in [2.24, 2.45) is 0 Å². The first-order chi connectivity index (χ1) is 11.7. The standard InChI is InChI=1S/C16H19NO5S3/c1-12-3-5-13(6-4-12)25(20,21)23-9-10-24(18,19)14-7-8-16(22-2)15(17)11-14/h3-8,11H,9-10,17H2,1-2H3. The van der Waals surface area contributed by atoms with Gasteiger partial charge in [-0.05, 0) is 48.0 Å². The SMILES string of the molecule is COc1ccc(S(=O)(=O)CCSS(=O)(=O)c2ccc(C)cc2)cc1N. The number of nitrogens with two attached hydrogens (primary N) is 1. The molecule has 2 rings (SSSR count). The van der Waals surface area contributed by atoms with Crippen LogP contribution in [0.25, 0.3) is 0 Å². The Morgan fingerprint density at radius 2 is 1.60 bits per heavy atom. The van der Waals surface area contributed by atoms with E-state index in [4.69, 9.17) is 10.5 Å². The Kier molecular flexibility index (Phi) is 6.02. The molecule has 0 aliphatic heterocycles. The summed E-state index contributed by atoms with van der Waals surface area (Å²) in [6.07, 6.45) is 0. The lowest BCUT2D eigenvalue weighted by molar-refractivity contribution is 0.416. The summed E-state index contributed by atoms with van der Waals surface area (Å²) in [5.74, 6) is -0.00536. The van der Waals surface area contributed by atoms with Gasteiger partial charge in [0.1, 0.15) is 5.75 Å². The summed E-state index contributed by atoms with van der Waals surface area (Å²) >= 11 is 0. The third-order valence-electron chi connectivity index (χ3n) is 3.46. The molecule has 0 heterocycles. The molecule has 0 spiro atoms. The predicted octanol–water partition coefficient (Wildman–Crippen LogP) is 2.48. The minimum Gasteiger partial charge on any atom is -0.495 e. The Bertz CT molecular complexity index is 952. The van der Waals surface area contributed by atoms with E-state index in [1.54, 1.807) is 12.1 Å². The highest BCUT2D eigenvalue weighted by Gasteiger charge is 2.20. The van der Waals surface area contributed by atoms with Crippen LogP contribution in [0, 0.1) is 6.92 Å². The second-order valence-electron chi connectivity index (χ2n) is 5.31. The molecule has 0 atom stereocenters. The van der Waals surface area contributed by atoms with Crippen molar-refractivity contribution in [1.29, 1.82) is 0 Å². The molecule has 9 heteroatoms. The Balaban J connectivity index is 2.07. The van der Waals surface area contributed by atoms with E-state index in [0.29, 0.717) is 16.5 Å². The molecule has 0 saturated carbocycles. The highest BCUT2D eigenvalue weighted by atomic mass is 33.1. The van der Waals surface area contributed by atoms with Crippen molar-refractivity contribution in [2.45, 2.75) is 16.7 Å². The Morgan fingerprint density at radius 1 is 1.00 bits per heavy atom. The molecule has 0 saturated heterocycles. The summed E-state index contributed by atoms with van der Waals surface area (Å²) in [5.41, 5.74) is 6.88. The smallest absolute Gasteiger partial charge is 0.230 e. The van der Waals surface area contributed by atoms with Crippen molar-refractivity contribution < 1.29 is 21.6 Å². The van der Waals surface area contributed by atoms with Crippen LogP contribution in [-0.2, 0) is 18.7 Å². The Labute approximate surface area is 151 Å². The van der Waals surface area contributed by atoms with Crippen molar-refractivity contribution in [3.05, 3.63) is 48.0 Å². The number of aryl methyl sites for hydroxylation is 1. The number of rotatable bonds is 7. The molecule has 2 aromatic rings. The maximum absolute atomic E-state index is 12.3. The minimum atomic E-state index is -3.64. The molecule has 0 fully saturated rings. The van der Waals surface area contributed by atoms with Gasteiger partial charge in [0, 0.05) is 5.75 Å². The van der Waals surface area contributed by atoms with Gasteiger partial charge in [-0.25, -0.2) is 16.8 Å². The largest absolute Gasteiger partial charge is 0.495 e. The first-order valence-electron chi connectivity index (χ1n) is 7.28. The lowest BCUT2D eigenvalue weighted by Crippen LogP contribution is -2.11. The average molecular weight is 402 g/mol. The van der Waals surface area contributed by atoms with E-state index in [2.05, 4.69) is 0 Å². The molecule has 2 N–H and O–H groups in total. The van der Waals surface area contributed by atoms with Crippen molar-refractivity contribution in [1.82, 2.24) is 0 Å². The van der Waals surface area contributed by atoms with E-state index < -0.39 is 18.7 Å². The zero-order chi connectivity index (χ0) is 18.7. The van der Waals surface area contributed by atoms with Gasteiger partial charge in [0.2, 0.25) is 8.87 Å². The highest BCUT2D eigenvalue weighted by Crippen LogP contribution is 2.27. The van der Waals surface area contributed by atoms with Gasteiger partial charge in [-0.1, -0.05) is 17.7 Å². The first-order valence-corrected chi connectivity index (χ1v) is 11.9. The van der Waals surface area contributed by atoms with Gasteiger partial charge in [0.15, 0.2) is 9.84 Å². The van der Waals surface area contributed by atoms with Crippen LogP contribution in [0.4, 0.5) is 5.69 Å². The number of benzene rings is 2. The molecule has 25 heavy (non-hydrogen) atoms. The van der Waals surface area contributed by atoms with Gasteiger partial charge in [-0.2, -0.15) is 0 Å². The number of anilines is 1. The third-order valence-corrected chi connectivity index (χ3v) is 8.97. The van der Waals surface area contributed by atoms with Gasteiger partial charge in [0.25, 0.3) is 0 Å². The van der Waals surface area contributed by atoms with Crippen LogP contribution >= 0.6 is 10.8 Å². The molecule has 0 radical (unpaired) electrons. The van der Waals surface area contributed by atoms with Gasteiger partial charge in [-0.15, -0.1) is 0 Å². The maximum Gasteiger partial charge on any atom is 0.230 e. The molecule has 136 valence electrons. The molecule has 6 nitrogen and oxygen atoms in total. The molecule has 0 aliphatic carbocycles. The molecular weight excluding hydrogens is 382 g/mol. The zero-order valence-electron chi connectivity index (χ0n) is 13.8. The van der Waals surface area contributed by atoms with Crippen LogP contribution in [0.1, 0.15) is 5.56 Å². The molecule has 0 unspecified atom stereocenters. The van der Waals surface area contributed by atoms with Crippen molar-refractivity contribution in [3.63, 3.8) is 0 Å². The second-order valence-corrected chi connectivity index (χ2v) is 11.5. The first kappa shape index (κ1) is 19.6. The normalized spacial score (nSPS) is 12.1. The lowest BCUT2D eigenvalue weighted by Gasteiger charge is -2.08. The van der Waals surface area contributed by atoms with Crippen LogP contribution in [0.15, 0.2) is 52.3 Å². The summed E-state index contributed by atoms with van der Waals surface area (Å²) in [6, 6.07) is 10.6. The summed E-state index contributed by atoms with van der Waals surface area (Å²) in [4.78, 5) is 0.202. The van der Waals surface area contributed by atoms with Gasteiger partial charge < -0.3 is 10.5 Å². The molecule has 0 bridgehead atoms. The number of hydrogen-bond donors (Lipinski definition) is 1. The number of methoxy groups -OCH3 is 1. The van der Waals surface area contributed by atoms with E-state index in [1.165, 1.54) is 37.4 Å². The Morgan fingerprint density at radius 3 is 2.16 bits per heavy atom. The number of sulfone groups is 1. The molecular formula is C16H19NO5S3. The number of ether oxygens (including phenoxy) is 1. The lowest BCUT2D eigenvalue weighted by atomic mass is 10.2. The van der Waals surface area contributed by atoms with E-state index in [0.717, 1.165) is 5.56 Å². The second kappa shape index (κ2) is 7.67. The maximum atomic E-state index is 12.3. The van der Waals surface area contributed by atoms with Gasteiger partial charge in [-0.3, -0.25) is 0 Å². The predicted molar refractivity (Wildman–Crippen MR) is 100 cm³/mol. The van der Waals surface area contributed by atoms with Gasteiger partial charge >= 0.3 is 0 Å². The van der Waals surface area contributed by atoms with Crippen LogP contribution < -0.4 is 10.5 Å². The van der Waals surface area contributed by atoms with E-state index >= 15 is 0 Å². The zero-order valence-corrected chi connectivity index (χ0v) is 16.2. The van der Waals surface area contributed by atoms with Crippen molar-refractivity contribution in [2.75, 3.05) is 24.3 Å². The van der Waals surface area contributed by atoms with Crippen molar-refractivity contribution >= 4 is 35.2 Å². The van der Waals surface area contributed by atoms with Crippen molar-refractivity contribution in [3.8, 4) is 5.75 Å². The highest BCUT2D eigenvalue weighted by molar-refractivity contribution is 8.72. The van der Waals surface area contributed by atoms with E-state index in [-0.39, 0.29) is 27.0 Å². The minimum absolute atomic E-state index is 0.0409. The molecule has 0 amide bonds. The summed E-state index contributed by atoms with van der Waals surface area (Å²) in [5, 5.41) is 0. The molecule has 0 aliphatic rings. The van der Waals surface area contributed by atoms with E-state index in [1.807, 2.05) is 6.92 Å². The van der Waals surface area contributed by atoms with Gasteiger partial charge in [0.05, 0.1) is 28.3 Å². The summed E-state index contributed by atoms with van der Waals surface area (Å²) in [6.45, 7) is 1.86. The quantitative estimate of drug-likeness (QED) is 0.561. The van der Waals surface area contributed by atoms with E-state index in [9.17, 15) is 16.8 Å². The number of hydrogen-bond acceptors (Lipinski definition) is 7. The van der Waals surface area contributed by atoms with Crippen LogP contribution in [0.2, 0.25) is 0 Å². The third kappa shape index (κ3) is 4.90. The van der Waals surface area contributed by atoms with Crippen LogP contribution in [-0.4, -0.2) is 35.5 Å². The fourth-order valence-electron chi connectivity index (χ4n) is 2.05. The van der Waals surface area contributed by atoms with Crippen LogP contribution in [0.3, 0.4) is 0 Å². The summed E-state index contributed by atoms with van der Waals surface area (Å²) < 4.78 is 54.2. The molecule has 2 aromatic carbocycles. The van der Waals surface area contributed by atoms with Crippen LogP contribution in [0.5, 0.6) is 5.75 Å². The topological polar surface area (TPSA) is 104 Å². The fraction of sp³-hybridized carbons (Fsp3) is 0.250. The fourth-order valence-corrected chi connectivity index (χ4v) is 6.85.